The van der Waals surface area contributed by atoms with E-state index in [0.717, 1.165) is 25.2 Å². The van der Waals surface area contributed by atoms with Crippen molar-refractivity contribution in [1.82, 2.24) is 5.32 Å². The Morgan fingerprint density at radius 3 is 2.67 bits per heavy atom. The van der Waals surface area contributed by atoms with Crippen LogP contribution in [0.5, 0.6) is 0 Å². The highest BCUT2D eigenvalue weighted by Crippen LogP contribution is 2.27. The summed E-state index contributed by atoms with van der Waals surface area (Å²) in [6, 6.07) is 0.194. The van der Waals surface area contributed by atoms with Crippen molar-refractivity contribution in [3.63, 3.8) is 0 Å². The van der Waals surface area contributed by atoms with E-state index in [1.54, 1.807) is 0 Å². The molecule has 0 aromatic heterocycles. The van der Waals surface area contributed by atoms with E-state index in [2.05, 4.69) is 5.32 Å². The first-order valence-electron chi connectivity index (χ1n) is 7.62. The van der Waals surface area contributed by atoms with Gasteiger partial charge in [0.2, 0.25) is 5.91 Å². The molecule has 3 nitrogen and oxygen atoms in total. The van der Waals surface area contributed by atoms with Crippen molar-refractivity contribution in [3.05, 3.63) is 0 Å². The molecular weight excluding hydrogens is 226 g/mol. The van der Waals surface area contributed by atoms with E-state index in [4.69, 9.17) is 5.11 Å². The van der Waals surface area contributed by atoms with E-state index >= 15 is 0 Å². The maximum absolute atomic E-state index is 11.7. The molecule has 2 N–H and O–H groups in total. The van der Waals surface area contributed by atoms with Crippen LogP contribution in [0.4, 0.5) is 0 Å². The van der Waals surface area contributed by atoms with E-state index in [1.807, 2.05) is 6.92 Å². The van der Waals surface area contributed by atoms with Crippen molar-refractivity contribution in [1.29, 1.82) is 0 Å². The molecule has 0 spiro atoms. The molecule has 0 bridgehead atoms. The zero-order valence-corrected chi connectivity index (χ0v) is 11.8. The quantitative estimate of drug-likeness (QED) is 0.700. The van der Waals surface area contributed by atoms with Crippen LogP contribution in [0.15, 0.2) is 0 Å². The lowest BCUT2D eigenvalue weighted by atomic mass is 9.86. The Labute approximate surface area is 111 Å². The number of amides is 1. The second-order valence-corrected chi connectivity index (χ2v) is 5.73. The standard InChI is InChI=1S/C15H29NO2/c1-13(7-6-12-17)16-15(18)11-5-10-14-8-3-2-4-9-14/h13-14,17H,2-12H2,1H3,(H,16,18). The zero-order valence-electron chi connectivity index (χ0n) is 11.8. The van der Waals surface area contributed by atoms with Gasteiger partial charge in [-0.05, 0) is 38.5 Å². The maximum atomic E-state index is 11.7. The van der Waals surface area contributed by atoms with Crippen LogP contribution < -0.4 is 5.32 Å². The summed E-state index contributed by atoms with van der Waals surface area (Å²) in [6.07, 6.45) is 11.5. The van der Waals surface area contributed by atoms with Crippen molar-refractivity contribution >= 4 is 5.91 Å². The van der Waals surface area contributed by atoms with Gasteiger partial charge >= 0.3 is 0 Å². The van der Waals surface area contributed by atoms with Crippen LogP contribution in [-0.4, -0.2) is 23.7 Å². The number of aliphatic hydroxyl groups excluding tert-OH is 1. The molecule has 0 aromatic carbocycles. The van der Waals surface area contributed by atoms with E-state index < -0.39 is 0 Å². The first-order chi connectivity index (χ1) is 8.72. The predicted octanol–water partition coefficient (Wildman–Crippen LogP) is 3.01. The van der Waals surface area contributed by atoms with Gasteiger partial charge in [-0.2, -0.15) is 0 Å². The van der Waals surface area contributed by atoms with Gasteiger partial charge in [-0.25, -0.2) is 0 Å². The third kappa shape index (κ3) is 7.00. The molecular formula is C15H29NO2. The monoisotopic (exact) mass is 255 g/mol. The first kappa shape index (κ1) is 15.5. The van der Waals surface area contributed by atoms with Crippen molar-refractivity contribution in [3.8, 4) is 0 Å². The molecule has 1 aliphatic carbocycles. The number of carbonyl (C=O) groups is 1. The van der Waals surface area contributed by atoms with Crippen molar-refractivity contribution in [2.45, 2.75) is 77.2 Å². The van der Waals surface area contributed by atoms with E-state index in [1.165, 1.54) is 38.5 Å². The van der Waals surface area contributed by atoms with Gasteiger partial charge in [0.05, 0.1) is 0 Å². The second kappa shape index (κ2) is 9.37. The number of carbonyl (C=O) groups excluding carboxylic acids is 1. The third-order valence-corrected chi connectivity index (χ3v) is 3.94. The van der Waals surface area contributed by atoms with Gasteiger partial charge < -0.3 is 10.4 Å². The summed E-state index contributed by atoms with van der Waals surface area (Å²) in [4.78, 5) is 11.7. The smallest absolute Gasteiger partial charge is 0.220 e. The van der Waals surface area contributed by atoms with E-state index in [-0.39, 0.29) is 18.6 Å². The van der Waals surface area contributed by atoms with Crippen LogP contribution in [-0.2, 0) is 4.79 Å². The number of nitrogens with one attached hydrogen (secondary N) is 1. The highest BCUT2D eigenvalue weighted by Gasteiger charge is 2.14. The molecule has 1 fully saturated rings. The molecule has 3 heteroatoms. The van der Waals surface area contributed by atoms with Crippen LogP contribution >= 0.6 is 0 Å². The summed E-state index contributed by atoms with van der Waals surface area (Å²) in [5.74, 6) is 1.05. The van der Waals surface area contributed by atoms with Gasteiger partial charge in [-0.3, -0.25) is 4.79 Å². The fourth-order valence-corrected chi connectivity index (χ4v) is 2.84. The molecule has 1 aliphatic rings. The average molecular weight is 255 g/mol. The van der Waals surface area contributed by atoms with E-state index in [0.29, 0.717) is 6.42 Å². The molecule has 1 rings (SSSR count). The molecule has 1 atom stereocenters. The Balaban J connectivity index is 2.01. The number of hydrogen-bond acceptors (Lipinski definition) is 2. The SMILES string of the molecule is CC(CCCO)NC(=O)CCCC1CCCCC1. The largest absolute Gasteiger partial charge is 0.396 e. The zero-order chi connectivity index (χ0) is 13.2. The van der Waals surface area contributed by atoms with Gasteiger partial charge in [-0.1, -0.05) is 32.1 Å². The topological polar surface area (TPSA) is 49.3 Å². The maximum Gasteiger partial charge on any atom is 0.220 e. The predicted molar refractivity (Wildman–Crippen MR) is 74.4 cm³/mol. The minimum absolute atomic E-state index is 0.177. The van der Waals surface area contributed by atoms with E-state index in [9.17, 15) is 4.79 Å². The van der Waals surface area contributed by atoms with Gasteiger partial charge in [0.25, 0.3) is 0 Å². The van der Waals surface area contributed by atoms with Crippen LogP contribution in [0, 0.1) is 5.92 Å². The molecule has 1 unspecified atom stereocenters. The molecule has 0 aliphatic heterocycles. The van der Waals surface area contributed by atoms with Gasteiger partial charge in [0.15, 0.2) is 0 Å². The summed E-state index contributed by atoms with van der Waals surface area (Å²) < 4.78 is 0. The van der Waals surface area contributed by atoms with Crippen molar-refractivity contribution in [2.75, 3.05) is 6.61 Å². The molecule has 0 heterocycles. The number of aliphatic hydroxyl groups is 1. The van der Waals surface area contributed by atoms with Crippen LogP contribution in [0.1, 0.15) is 71.1 Å². The average Bonchev–Trinajstić information content (AvgIpc) is 2.37. The van der Waals surface area contributed by atoms with Gasteiger partial charge in [0.1, 0.15) is 0 Å². The van der Waals surface area contributed by atoms with Crippen LogP contribution in [0.3, 0.4) is 0 Å². The Kier molecular flexibility index (Phi) is 8.06. The summed E-state index contributed by atoms with van der Waals surface area (Å²) in [6.45, 7) is 2.22. The first-order valence-corrected chi connectivity index (χ1v) is 7.62. The fourth-order valence-electron chi connectivity index (χ4n) is 2.84. The lowest BCUT2D eigenvalue weighted by Crippen LogP contribution is -2.32. The summed E-state index contributed by atoms with van der Waals surface area (Å²) in [7, 11) is 0. The highest BCUT2D eigenvalue weighted by atomic mass is 16.2. The van der Waals surface area contributed by atoms with Gasteiger partial charge in [0, 0.05) is 19.1 Å². The summed E-state index contributed by atoms with van der Waals surface area (Å²) in [5.41, 5.74) is 0. The van der Waals surface area contributed by atoms with Crippen LogP contribution in [0.25, 0.3) is 0 Å². The lowest BCUT2D eigenvalue weighted by Gasteiger charge is -2.21. The molecule has 0 aromatic rings. The molecule has 106 valence electrons. The fraction of sp³-hybridized carbons (Fsp3) is 0.933. The third-order valence-electron chi connectivity index (χ3n) is 3.94. The number of hydrogen-bond donors (Lipinski definition) is 2. The van der Waals surface area contributed by atoms with Crippen LogP contribution in [0.2, 0.25) is 0 Å². The van der Waals surface area contributed by atoms with Crippen molar-refractivity contribution < 1.29 is 9.90 Å². The minimum atomic E-state index is 0.177. The molecule has 18 heavy (non-hydrogen) atoms. The Bertz CT molecular complexity index is 225. The summed E-state index contributed by atoms with van der Waals surface area (Å²) >= 11 is 0. The Morgan fingerprint density at radius 2 is 2.00 bits per heavy atom. The Morgan fingerprint density at radius 1 is 1.28 bits per heavy atom. The van der Waals surface area contributed by atoms with Gasteiger partial charge in [-0.15, -0.1) is 0 Å². The molecule has 0 saturated heterocycles. The molecule has 1 saturated carbocycles. The molecule has 1 amide bonds. The highest BCUT2D eigenvalue weighted by molar-refractivity contribution is 5.76. The minimum Gasteiger partial charge on any atom is -0.396 e. The molecule has 0 radical (unpaired) electrons. The summed E-state index contributed by atoms with van der Waals surface area (Å²) in [5, 5.41) is 11.7. The Hall–Kier alpha value is -0.570. The lowest BCUT2D eigenvalue weighted by molar-refractivity contribution is -0.121. The second-order valence-electron chi connectivity index (χ2n) is 5.73. The number of rotatable bonds is 8. The normalized spacial score (nSPS) is 18.6. The van der Waals surface area contributed by atoms with Crippen molar-refractivity contribution in [2.24, 2.45) is 5.92 Å².